The van der Waals surface area contributed by atoms with Crippen molar-refractivity contribution < 1.29 is 37.5 Å². The van der Waals surface area contributed by atoms with Gasteiger partial charge in [0.15, 0.2) is 0 Å². The summed E-state index contributed by atoms with van der Waals surface area (Å²) in [4.78, 5) is 23.0. The number of hydrogen-bond acceptors (Lipinski definition) is 4. The fourth-order valence-corrected chi connectivity index (χ4v) is 1.58. The minimum Gasteiger partial charge on any atom is -0.391 e. The molecule has 0 radical (unpaired) electrons. The number of alkyl halides is 3. The number of carbonyl (C=O) groups is 2. The van der Waals surface area contributed by atoms with Crippen LogP contribution in [0.15, 0.2) is 18.2 Å². The number of halogens is 4. The van der Waals surface area contributed by atoms with Crippen molar-refractivity contribution in [2.45, 2.75) is 25.2 Å². The molecule has 0 heterocycles. The third kappa shape index (κ3) is 4.15. The van der Waals surface area contributed by atoms with Gasteiger partial charge in [-0.05, 0) is 25.1 Å². The van der Waals surface area contributed by atoms with E-state index in [-0.39, 0.29) is 6.07 Å². The highest BCUT2D eigenvalue weighted by Gasteiger charge is 2.35. The average molecular weight is 324 g/mol. The quantitative estimate of drug-likeness (QED) is 0.374. The van der Waals surface area contributed by atoms with Crippen LogP contribution in [0, 0.1) is 5.82 Å². The van der Waals surface area contributed by atoms with E-state index < -0.39 is 47.1 Å². The molecule has 0 fully saturated rings. The van der Waals surface area contributed by atoms with Gasteiger partial charge in [0.2, 0.25) is 0 Å². The number of rotatable bonds is 4. The normalized spacial score (nSPS) is 14.1. The summed E-state index contributed by atoms with van der Waals surface area (Å²) in [6.07, 6.45) is -6.43. The number of aliphatic hydroxyl groups is 1. The van der Waals surface area contributed by atoms with Crippen LogP contribution in [0.1, 0.15) is 22.8 Å². The Morgan fingerprint density at radius 2 is 1.86 bits per heavy atom. The van der Waals surface area contributed by atoms with Gasteiger partial charge in [-0.2, -0.15) is 13.2 Å². The van der Waals surface area contributed by atoms with Crippen LogP contribution in [0.25, 0.3) is 0 Å². The Bertz CT molecular complexity index is 575. The second kappa shape index (κ2) is 6.71. The number of hydrogen-bond donors (Lipinski definition) is 4. The van der Waals surface area contributed by atoms with Crippen LogP contribution < -0.4 is 10.8 Å². The first-order chi connectivity index (χ1) is 10.1. The SMILES string of the molecule is CC(O)C(NC(=O)c1ccc(F)c(C(F)(F)F)c1)C(=O)NO. The average Bonchev–Trinajstić information content (AvgIpc) is 2.42. The number of benzene rings is 1. The second-order valence-corrected chi connectivity index (χ2v) is 4.36. The molecule has 0 bridgehead atoms. The smallest absolute Gasteiger partial charge is 0.391 e. The van der Waals surface area contributed by atoms with Gasteiger partial charge in [0.05, 0.1) is 11.7 Å². The predicted octanol–water partition coefficient (Wildman–Crippen LogP) is 0.829. The molecule has 2 atom stereocenters. The molecule has 0 saturated carbocycles. The van der Waals surface area contributed by atoms with E-state index in [1.807, 2.05) is 5.32 Å². The van der Waals surface area contributed by atoms with Crippen molar-refractivity contribution in [2.24, 2.45) is 0 Å². The molecule has 0 aliphatic heterocycles. The first-order valence-corrected chi connectivity index (χ1v) is 5.87. The summed E-state index contributed by atoms with van der Waals surface area (Å²) in [5.41, 5.74) is -1.01. The van der Waals surface area contributed by atoms with Crippen LogP contribution >= 0.6 is 0 Å². The number of hydroxylamine groups is 1. The monoisotopic (exact) mass is 324 g/mol. The van der Waals surface area contributed by atoms with Gasteiger partial charge in [0, 0.05) is 5.56 Å². The Hall–Kier alpha value is -2.20. The molecule has 2 unspecified atom stereocenters. The first-order valence-electron chi connectivity index (χ1n) is 5.87. The fraction of sp³-hybridized carbons (Fsp3) is 0.333. The molecule has 0 saturated heterocycles. The van der Waals surface area contributed by atoms with Crippen LogP contribution in [-0.2, 0) is 11.0 Å². The summed E-state index contributed by atoms with van der Waals surface area (Å²) >= 11 is 0. The van der Waals surface area contributed by atoms with Gasteiger partial charge in [-0.3, -0.25) is 14.8 Å². The zero-order valence-electron chi connectivity index (χ0n) is 11.1. The molecule has 0 aliphatic carbocycles. The van der Waals surface area contributed by atoms with E-state index in [0.29, 0.717) is 6.07 Å². The molecule has 0 aromatic heterocycles. The van der Waals surface area contributed by atoms with Crippen LogP contribution in [0.4, 0.5) is 17.6 Å². The molecule has 10 heteroatoms. The molecule has 22 heavy (non-hydrogen) atoms. The van der Waals surface area contributed by atoms with Crippen molar-refractivity contribution in [3.63, 3.8) is 0 Å². The molecule has 2 amide bonds. The summed E-state index contributed by atoms with van der Waals surface area (Å²) < 4.78 is 50.8. The van der Waals surface area contributed by atoms with E-state index in [9.17, 15) is 32.3 Å². The number of nitrogens with one attached hydrogen (secondary N) is 2. The van der Waals surface area contributed by atoms with Crippen molar-refractivity contribution >= 4 is 11.8 Å². The zero-order chi connectivity index (χ0) is 17.1. The molecule has 122 valence electrons. The predicted molar refractivity (Wildman–Crippen MR) is 64.3 cm³/mol. The lowest BCUT2D eigenvalue weighted by molar-refractivity contribution is -0.140. The number of carbonyl (C=O) groups excluding carboxylic acids is 2. The van der Waals surface area contributed by atoms with Crippen LogP contribution in [0.3, 0.4) is 0 Å². The van der Waals surface area contributed by atoms with Crippen molar-refractivity contribution in [3.05, 3.63) is 35.1 Å². The first kappa shape index (κ1) is 17.9. The molecule has 1 rings (SSSR count). The summed E-state index contributed by atoms with van der Waals surface area (Å²) in [6, 6.07) is -0.0746. The van der Waals surface area contributed by atoms with Gasteiger partial charge in [0.25, 0.3) is 11.8 Å². The van der Waals surface area contributed by atoms with Crippen molar-refractivity contribution in [2.75, 3.05) is 0 Å². The number of amides is 2. The van der Waals surface area contributed by atoms with Gasteiger partial charge in [-0.25, -0.2) is 9.87 Å². The minimum absolute atomic E-state index is 0.278. The van der Waals surface area contributed by atoms with Crippen molar-refractivity contribution in [1.29, 1.82) is 0 Å². The summed E-state index contributed by atoms with van der Waals surface area (Å²) in [5.74, 6) is -3.87. The van der Waals surface area contributed by atoms with E-state index in [4.69, 9.17) is 5.21 Å². The van der Waals surface area contributed by atoms with Gasteiger partial charge < -0.3 is 10.4 Å². The summed E-state index contributed by atoms with van der Waals surface area (Å²) in [5, 5.41) is 19.7. The Kier molecular flexibility index (Phi) is 5.44. The van der Waals surface area contributed by atoms with Crippen molar-refractivity contribution in [3.8, 4) is 0 Å². The van der Waals surface area contributed by atoms with Crippen LogP contribution in [0.5, 0.6) is 0 Å². The highest BCUT2D eigenvalue weighted by molar-refractivity contribution is 5.97. The van der Waals surface area contributed by atoms with E-state index in [0.717, 1.165) is 13.0 Å². The third-order valence-electron chi connectivity index (χ3n) is 2.70. The lowest BCUT2D eigenvalue weighted by atomic mass is 10.1. The highest BCUT2D eigenvalue weighted by Crippen LogP contribution is 2.31. The van der Waals surface area contributed by atoms with Gasteiger partial charge in [0.1, 0.15) is 11.9 Å². The molecule has 1 aromatic carbocycles. The maximum atomic E-state index is 13.1. The zero-order valence-corrected chi connectivity index (χ0v) is 11.1. The second-order valence-electron chi connectivity index (χ2n) is 4.36. The summed E-state index contributed by atoms with van der Waals surface area (Å²) in [6.45, 7) is 1.12. The van der Waals surface area contributed by atoms with Gasteiger partial charge >= 0.3 is 6.18 Å². The van der Waals surface area contributed by atoms with Crippen LogP contribution in [0.2, 0.25) is 0 Å². The molecule has 4 N–H and O–H groups in total. The van der Waals surface area contributed by atoms with Gasteiger partial charge in [-0.1, -0.05) is 0 Å². The summed E-state index contributed by atoms with van der Waals surface area (Å²) in [7, 11) is 0. The minimum atomic E-state index is -4.99. The van der Waals surface area contributed by atoms with E-state index >= 15 is 0 Å². The van der Waals surface area contributed by atoms with Crippen LogP contribution in [-0.4, -0.2) is 34.3 Å². The maximum absolute atomic E-state index is 13.1. The van der Waals surface area contributed by atoms with E-state index in [2.05, 4.69) is 0 Å². The fourth-order valence-electron chi connectivity index (χ4n) is 1.58. The standard InChI is InChI=1S/C12H12F4N2O4/c1-5(19)9(11(21)18-22)17-10(20)6-2-3-8(13)7(4-6)12(14,15)16/h2-5,9,19,22H,1H3,(H,17,20)(H,18,21). The molecule has 0 spiro atoms. The maximum Gasteiger partial charge on any atom is 0.419 e. The third-order valence-corrected chi connectivity index (χ3v) is 2.70. The highest BCUT2D eigenvalue weighted by atomic mass is 19.4. The Morgan fingerprint density at radius 3 is 2.32 bits per heavy atom. The van der Waals surface area contributed by atoms with Gasteiger partial charge in [-0.15, -0.1) is 0 Å². The molecule has 1 aromatic rings. The topological polar surface area (TPSA) is 98.7 Å². The molecular formula is C12H12F4N2O4. The number of aliphatic hydroxyl groups excluding tert-OH is 1. The van der Waals surface area contributed by atoms with E-state index in [1.54, 1.807) is 0 Å². The lowest BCUT2D eigenvalue weighted by Gasteiger charge is -2.19. The van der Waals surface area contributed by atoms with E-state index in [1.165, 1.54) is 5.48 Å². The lowest BCUT2D eigenvalue weighted by Crippen LogP contribution is -2.51. The van der Waals surface area contributed by atoms with Crippen molar-refractivity contribution in [1.82, 2.24) is 10.8 Å². The molecule has 0 aliphatic rings. The molecular weight excluding hydrogens is 312 g/mol. The Labute approximate surface area is 121 Å². The Morgan fingerprint density at radius 1 is 1.27 bits per heavy atom. The molecule has 6 nitrogen and oxygen atoms in total. The largest absolute Gasteiger partial charge is 0.419 e. The Balaban J connectivity index is 3.06.